The molecule has 0 aromatic carbocycles. The van der Waals surface area contributed by atoms with E-state index in [1.807, 2.05) is 27.7 Å². The van der Waals surface area contributed by atoms with E-state index in [0.717, 1.165) is 51.4 Å². The first-order valence-corrected chi connectivity index (χ1v) is 7.98. The standard InChI is InChI=1S/4C4H9O.2ClH.Mg.Ti/c4*1-2-3-4-5;;;;/h4*2-4H2,1H3;2*1H;;/q4*-1;;;+2;+4/p-2. The van der Waals surface area contributed by atoms with Crippen LogP contribution < -0.4 is 45.2 Å². The summed E-state index contributed by atoms with van der Waals surface area (Å²) in [6, 6.07) is 0. The average molecular weight is 436 g/mol. The molecule has 0 bridgehead atoms. The van der Waals surface area contributed by atoms with Crippen molar-refractivity contribution in [2.45, 2.75) is 79.1 Å². The van der Waals surface area contributed by atoms with Crippen molar-refractivity contribution in [2.75, 3.05) is 26.4 Å². The van der Waals surface area contributed by atoms with Gasteiger partial charge >= 0.3 is 44.8 Å². The van der Waals surface area contributed by atoms with E-state index >= 15 is 0 Å². The molecular formula is C16H36Cl2MgO4Ti. The van der Waals surface area contributed by atoms with Crippen molar-refractivity contribution in [1.29, 1.82) is 0 Å². The van der Waals surface area contributed by atoms with Crippen molar-refractivity contribution < 1.29 is 67.0 Å². The van der Waals surface area contributed by atoms with E-state index in [9.17, 15) is 20.4 Å². The van der Waals surface area contributed by atoms with Crippen LogP contribution in [0, 0.1) is 0 Å². The minimum Gasteiger partial charge on any atom is -1.00 e. The van der Waals surface area contributed by atoms with E-state index < -0.39 is 0 Å². The van der Waals surface area contributed by atoms with E-state index in [0.29, 0.717) is 0 Å². The maximum atomic E-state index is 9.53. The van der Waals surface area contributed by atoms with Gasteiger partial charge in [0.1, 0.15) is 0 Å². The molecule has 0 rings (SSSR count). The maximum Gasteiger partial charge on any atom is 4.00 e. The van der Waals surface area contributed by atoms with Gasteiger partial charge in [-0.1, -0.05) is 79.1 Å². The van der Waals surface area contributed by atoms with Crippen molar-refractivity contribution in [2.24, 2.45) is 0 Å². The molecule has 0 saturated heterocycles. The third-order valence-corrected chi connectivity index (χ3v) is 1.99. The molecule has 0 radical (unpaired) electrons. The summed E-state index contributed by atoms with van der Waals surface area (Å²) in [4.78, 5) is 0. The largest absolute Gasteiger partial charge is 4.00 e. The molecule has 0 aromatic rings. The zero-order valence-corrected chi connectivity index (χ0v) is 20.6. The van der Waals surface area contributed by atoms with Crippen molar-refractivity contribution in [1.82, 2.24) is 0 Å². The van der Waals surface area contributed by atoms with Gasteiger partial charge in [-0.3, -0.25) is 0 Å². The Morgan fingerprint density at radius 1 is 0.458 bits per heavy atom. The van der Waals surface area contributed by atoms with Crippen LogP contribution in [0.25, 0.3) is 0 Å². The third kappa shape index (κ3) is 128. The van der Waals surface area contributed by atoms with Crippen molar-refractivity contribution >= 4 is 23.1 Å². The molecule has 0 amide bonds. The number of hydrogen-bond donors (Lipinski definition) is 0. The topological polar surface area (TPSA) is 92.2 Å². The summed E-state index contributed by atoms with van der Waals surface area (Å²) in [5, 5.41) is 38.1. The van der Waals surface area contributed by atoms with E-state index in [2.05, 4.69) is 0 Å². The van der Waals surface area contributed by atoms with Crippen molar-refractivity contribution in [3.63, 3.8) is 0 Å². The summed E-state index contributed by atoms with van der Waals surface area (Å²) in [5.41, 5.74) is 0. The molecule has 4 nitrogen and oxygen atoms in total. The second-order valence-corrected chi connectivity index (χ2v) is 4.23. The van der Waals surface area contributed by atoms with Gasteiger partial charge in [-0.2, -0.15) is 0 Å². The Balaban J connectivity index is -0.0000000225. The number of halogens is 2. The fraction of sp³-hybridized carbons (Fsp3) is 1.00. The minimum absolute atomic E-state index is 0. The van der Waals surface area contributed by atoms with Crippen LogP contribution in [0.2, 0.25) is 0 Å². The molecule has 0 unspecified atom stereocenters. The molecule has 0 aliphatic heterocycles. The Kier molecular flexibility index (Phi) is 154. The van der Waals surface area contributed by atoms with Gasteiger partial charge in [0.15, 0.2) is 0 Å². The van der Waals surface area contributed by atoms with Gasteiger partial charge in [0, 0.05) is 0 Å². The summed E-state index contributed by atoms with van der Waals surface area (Å²) in [7, 11) is 0. The number of hydrogen-bond acceptors (Lipinski definition) is 4. The normalized spacial score (nSPS) is 7.00. The average Bonchev–Trinajstić information content (AvgIpc) is 2.44. The van der Waals surface area contributed by atoms with Gasteiger partial charge in [0.2, 0.25) is 0 Å². The smallest absolute Gasteiger partial charge is 1.00 e. The molecule has 0 aromatic heterocycles. The van der Waals surface area contributed by atoms with Crippen LogP contribution in [-0.2, 0) is 21.7 Å². The van der Waals surface area contributed by atoms with Crippen molar-refractivity contribution in [3.05, 3.63) is 0 Å². The summed E-state index contributed by atoms with van der Waals surface area (Å²) < 4.78 is 0. The van der Waals surface area contributed by atoms with Crippen LogP contribution >= 0.6 is 0 Å². The van der Waals surface area contributed by atoms with Crippen LogP contribution in [0.4, 0.5) is 0 Å². The second kappa shape index (κ2) is 73.6. The first-order chi connectivity index (χ1) is 9.66. The molecule has 0 aliphatic rings. The van der Waals surface area contributed by atoms with E-state index in [1.54, 1.807) is 0 Å². The van der Waals surface area contributed by atoms with E-state index in [1.165, 1.54) is 0 Å². The zero-order chi connectivity index (χ0) is 16.5. The Hall–Kier alpha value is 1.90. The predicted octanol–water partition coefficient (Wildman–Crippen LogP) is -5.79. The van der Waals surface area contributed by atoms with Gasteiger partial charge in [-0.15, -0.1) is 26.4 Å². The Morgan fingerprint density at radius 2 is 0.583 bits per heavy atom. The van der Waals surface area contributed by atoms with E-state index in [4.69, 9.17) is 0 Å². The molecule has 0 saturated carbocycles. The zero-order valence-electron chi connectivity index (χ0n) is 16.1. The molecule has 0 N–H and O–H groups in total. The summed E-state index contributed by atoms with van der Waals surface area (Å²) >= 11 is 0. The van der Waals surface area contributed by atoms with Crippen molar-refractivity contribution in [3.8, 4) is 0 Å². The van der Waals surface area contributed by atoms with Crippen LogP contribution in [0.3, 0.4) is 0 Å². The fourth-order valence-electron chi connectivity index (χ4n) is 0.577. The number of rotatable bonds is 8. The molecule has 0 fully saturated rings. The Labute approximate surface area is 194 Å². The number of unbranched alkanes of at least 4 members (excludes halogenated alkanes) is 4. The van der Waals surface area contributed by atoms with Gasteiger partial charge in [0.05, 0.1) is 0 Å². The first-order valence-electron chi connectivity index (χ1n) is 7.98. The molecule has 0 spiro atoms. The summed E-state index contributed by atoms with van der Waals surface area (Å²) in [6.45, 7) is 8.42. The predicted molar refractivity (Wildman–Crippen MR) is 84.9 cm³/mol. The Bertz CT molecular complexity index is 90.1. The third-order valence-electron chi connectivity index (χ3n) is 1.99. The van der Waals surface area contributed by atoms with Gasteiger partial charge in [-0.25, -0.2) is 0 Å². The minimum atomic E-state index is 0. The fourth-order valence-corrected chi connectivity index (χ4v) is 0.577. The van der Waals surface area contributed by atoms with Crippen LogP contribution in [0.5, 0.6) is 0 Å². The molecule has 0 aliphatic carbocycles. The monoisotopic (exact) mass is 434 g/mol. The van der Waals surface area contributed by atoms with Gasteiger partial charge in [0.25, 0.3) is 0 Å². The molecule has 24 heavy (non-hydrogen) atoms. The SMILES string of the molecule is CCCC[O-].CCCC[O-].CCCC[O-].CCCC[O-].[Cl-].[Cl-].[Mg+2].[Ti+4]. The van der Waals surface area contributed by atoms with Crippen LogP contribution in [0.15, 0.2) is 0 Å². The molecule has 144 valence electrons. The molecular weight excluding hydrogens is 399 g/mol. The second-order valence-electron chi connectivity index (χ2n) is 4.23. The molecule has 8 heteroatoms. The van der Waals surface area contributed by atoms with Crippen LogP contribution in [0.1, 0.15) is 79.1 Å². The quantitative estimate of drug-likeness (QED) is 0.355. The van der Waals surface area contributed by atoms with Gasteiger partial charge < -0.3 is 45.2 Å². The molecule has 0 atom stereocenters. The summed E-state index contributed by atoms with van der Waals surface area (Å²) in [5.74, 6) is 0. The Morgan fingerprint density at radius 3 is 0.583 bits per heavy atom. The molecule has 0 heterocycles. The van der Waals surface area contributed by atoms with E-state index in [-0.39, 0.29) is 96.0 Å². The first kappa shape index (κ1) is 50.1. The maximum absolute atomic E-state index is 9.53. The van der Waals surface area contributed by atoms with Crippen LogP contribution in [-0.4, -0.2) is 49.5 Å². The van der Waals surface area contributed by atoms with Gasteiger partial charge in [-0.05, 0) is 0 Å². The summed E-state index contributed by atoms with van der Waals surface area (Å²) in [6.07, 6.45) is 7.46.